The van der Waals surface area contributed by atoms with Crippen molar-refractivity contribution in [2.75, 3.05) is 30.3 Å². The van der Waals surface area contributed by atoms with Crippen molar-refractivity contribution in [2.24, 2.45) is 0 Å². The molecule has 118 valence electrons. The summed E-state index contributed by atoms with van der Waals surface area (Å²) in [7, 11) is -1.81. The van der Waals surface area contributed by atoms with Crippen LogP contribution in [0, 0.1) is 6.92 Å². The maximum Gasteiger partial charge on any atom is 0.235 e. The zero-order chi connectivity index (χ0) is 15.6. The van der Waals surface area contributed by atoms with Crippen molar-refractivity contribution in [3.8, 4) is 5.75 Å². The Morgan fingerprint density at radius 3 is 2.86 bits per heavy atom. The van der Waals surface area contributed by atoms with Crippen LogP contribution in [0.1, 0.15) is 18.9 Å². The largest absolute Gasteiger partial charge is 0.487 e. The van der Waals surface area contributed by atoms with E-state index >= 15 is 0 Å². The summed E-state index contributed by atoms with van der Waals surface area (Å²) in [6.07, 6.45) is 0.308. The molecule has 0 N–H and O–H groups in total. The van der Waals surface area contributed by atoms with Gasteiger partial charge in [0.2, 0.25) is 10.0 Å². The van der Waals surface area contributed by atoms with Crippen molar-refractivity contribution < 1.29 is 17.9 Å². The van der Waals surface area contributed by atoms with E-state index in [0.717, 1.165) is 10.0 Å². The van der Waals surface area contributed by atoms with Gasteiger partial charge in [-0.15, -0.1) is 0 Å². The highest BCUT2D eigenvalue weighted by molar-refractivity contribution is 9.10. The summed E-state index contributed by atoms with van der Waals surface area (Å²) in [5.41, 5.74) is 1.61. The third-order valence-electron chi connectivity index (χ3n) is 3.35. The Bertz CT molecular complexity index is 618. The van der Waals surface area contributed by atoms with Crippen LogP contribution in [0.5, 0.6) is 5.75 Å². The molecule has 1 aliphatic rings. The van der Waals surface area contributed by atoms with Gasteiger partial charge in [-0.1, -0.05) is 15.9 Å². The van der Waals surface area contributed by atoms with Crippen LogP contribution in [-0.4, -0.2) is 40.5 Å². The summed E-state index contributed by atoms with van der Waals surface area (Å²) >= 11 is 3.45. The first-order chi connectivity index (χ1) is 9.85. The average molecular weight is 378 g/mol. The first-order valence-corrected chi connectivity index (χ1v) is 9.21. The van der Waals surface area contributed by atoms with E-state index in [1.807, 2.05) is 26.0 Å². The number of halogens is 1. The van der Waals surface area contributed by atoms with E-state index in [-0.39, 0.29) is 11.9 Å². The van der Waals surface area contributed by atoms with Crippen molar-refractivity contribution in [1.29, 1.82) is 0 Å². The molecular weight excluding hydrogens is 358 g/mol. The number of hydrogen-bond donors (Lipinski definition) is 0. The van der Waals surface area contributed by atoms with Gasteiger partial charge in [-0.05, 0) is 38.0 Å². The van der Waals surface area contributed by atoms with Crippen LogP contribution in [0.2, 0.25) is 0 Å². The van der Waals surface area contributed by atoms with Crippen LogP contribution < -0.4 is 9.04 Å². The molecule has 1 heterocycles. The summed E-state index contributed by atoms with van der Waals surface area (Å²) < 4.78 is 38.2. The monoisotopic (exact) mass is 377 g/mol. The fourth-order valence-electron chi connectivity index (χ4n) is 2.28. The zero-order valence-electron chi connectivity index (χ0n) is 12.4. The Hall–Kier alpha value is -0.790. The molecule has 1 aromatic rings. The molecule has 0 unspecified atom stereocenters. The molecule has 0 radical (unpaired) electrons. The number of ether oxygens (including phenoxy) is 2. The Labute approximate surface area is 134 Å². The molecule has 0 aliphatic carbocycles. The van der Waals surface area contributed by atoms with Gasteiger partial charge in [0.25, 0.3) is 0 Å². The van der Waals surface area contributed by atoms with Crippen molar-refractivity contribution >= 4 is 31.6 Å². The third-order valence-corrected chi connectivity index (χ3v) is 6.02. The van der Waals surface area contributed by atoms with Gasteiger partial charge in [0, 0.05) is 18.2 Å². The van der Waals surface area contributed by atoms with Gasteiger partial charge in [-0.25, -0.2) is 8.42 Å². The number of rotatable bonds is 5. The molecule has 1 atom stereocenters. The van der Waals surface area contributed by atoms with E-state index < -0.39 is 10.0 Å². The Morgan fingerprint density at radius 2 is 2.19 bits per heavy atom. The third kappa shape index (κ3) is 3.70. The number of nitrogens with zero attached hydrogens (tertiary/aromatic N) is 1. The lowest BCUT2D eigenvalue weighted by atomic mass is 10.2. The topological polar surface area (TPSA) is 55.8 Å². The molecule has 2 rings (SSSR count). The summed E-state index contributed by atoms with van der Waals surface area (Å²) in [4.78, 5) is 0. The maximum absolute atomic E-state index is 12.6. The fourth-order valence-corrected chi connectivity index (χ4v) is 4.19. The van der Waals surface area contributed by atoms with Crippen molar-refractivity contribution in [2.45, 2.75) is 26.4 Å². The summed E-state index contributed by atoms with van der Waals surface area (Å²) in [5.74, 6) is 0.683. The van der Waals surface area contributed by atoms with E-state index in [4.69, 9.17) is 9.47 Å². The number of anilines is 1. The Morgan fingerprint density at radius 1 is 1.48 bits per heavy atom. The predicted molar refractivity (Wildman–Crippen MR) is 86.6 cm³/mol. The Balaban J connectivity index is 2.35. The Kier molecular flexibility index (Phi) is 5.16. The lowest BCUT2D eigenvalue weighted by Gasteiger charge is -2.34. The highest BCUT2D eigenvalue weighted by Crippen LogP contribution is 2.39. The molecule has 0 saturated heterocycles. The second-order valence-electron chi connectivity index (χ2n) is 5.19. The minimum Gasteiger partial charge on any atom is -0.487 e. The molecule has 0 amide bonds. The second-order valence-corrected chi connectivity index (χ2v) is 8.06. The molecule has 21 heavy (non-hydrogen) atoms. The molecule has 1 aromatic carbocycles. The second kappa shape index (κ2) is 6.54. The number of benzene rings is 1. The normalized spacial score (nSPS) is 18.3. The highest BCUT2D eigenvalue weighted by Gasteiger charge is 2.31. The van der Waals surface area contributed by atoms with Gasteiger partial charge < -0.3 is 9.47 Å². The molecule has 0 saturated carbocycles. The lowest BCUT2D eigenvalue weighted by Crippen LogP contribution is -2.43. The van der Waals surface area contributed by atoms with Gasteiger partial charge in [0.15, 0.2) is 0 Å². The zero-order valence-corrected chi connectivity index (χ0v) is 14.8. The average Bonchev–Trinajstić information content (AvgIpc) is 2.40. The smallest absolute Gasteiger partial charge is 0.235 e. The van der Waals surface area contributed by atoms with Crippen LogP contribution >= 0.6 is 15.9 Å². The SMILES string of the molecule is COCCCS(=O)(=O)N1C[C@@H](C)Oc2cc(C)c(Br)cc21. The minimum absolute atomic E-state index is 0.0680. The van der Waals surface area contributed by atoms with Crippen LogP contribution in [0.3, 0.4) is 0 Å². The van der Waals surface area contributed by atoms with Crippen LogP contribution in [-0.2, 0) is 14.8 Å². The van der Waals surface area contributed by atoms with E-state index in [9.17, 15) is 8.42 Å². The minimum atomic E-state index is -3.38. The van der Waals surface area contributed by atoms with Crippen molar-refractivity contribution in [1.82, 2.24) is 0 Å². The number of methoxy groups -OCH3 is 1. The van der Waals surface area contributed by atoms with E-state index in [2.05, 4.69) is 15.9 Å². The van der Waals surface area contributed by atoms with Crippen molar-refractivity contribution in [3.63, 3.8) is 0 Å². The molecule has 7 heteroatoms. The van der Waals surface area contributed by atoms with Gasteiger partial charge in [-0.3, -0.25) is 4.31 Å². The quantitative estimate of drug-likeness (QED) is 0.740. The number of fused-ring (bicyclic) bond motifs is 1. The maximum atomic E-state index is 12.6. The molecule has 0 aromatic heterocycles. The predicted octanol–water partition coefficient (Wildman–Crippen LogP) is 2.71. The highest BCUT2D eigenvalue weighted by atomic mass is 79.9. The van der Waals surface area contributed by atoms with E-state index in [1.54, 1.807) is 7.11 Å². The number of aryl methyl sites for hydroxylation is 1. The molecule has 5 nitrogen and oxygen atoms in total. The van der Waals surface area contributed by atoms with Crippen molar-refractivity contribution in [3.05, 3.63) is 22.2 Å². The van der Waals surface area contributed by atoms with E-state index in [0.29, 0.717) is 31.0 Å². The lowest BCUT2D eigenvalue weighted by molar-refractivity contribution is 0.199. The summed E-state index contributed by atoms with van der Waals surface area (Å²) in [6.45, 7) is 4.59. The molecule has 1 aliphatic heterocycles. The van der Waals surface area contributed by atoms with Crippen LogP contribution in [0.4, 0.5) is 5.69 Å². The first kappa shape index (κ1) is 16.6. The van der Waals surface area contributed by atoms with Gasteiger partial charge in [0.1, 0.15) is 11.9 Å². The standard InChI is InChI=1S/C14H20BrNO4S/c1-10-7-14-13(8-12(10)15)16(9-11(2)20-14)21(17,18)6-4-5-19-3/h7-8,11H,4-6,9H2,1-3H3/t11-/m1/s1. The summed E-state index contributed by atoms with van der Waals surface area (Å²) in [5, 5.41) is 0. The fraction of sp³-hybridized carbons (Fsp3) is 0.571. The van der Waals surface area contributed by atoms with Gasteiger partial charge in [0.05, 0.1) is 18.0 Å². The number of sulfonamides is 1. The van der Waals surface area contributed by atoms with Gasteiger partial charge >= 0.3 is 0 Å². The molecular formula is C14H20BrNO4S. The molecule has 0 bridgehead atoms. The van der Waals surface area contributed by atoms with Crippen LogP contribution in [0.25, 0.3) is 0 Å². The number of hydrogen-bond acceptors (Lipinski definition) is 4. The molecule has 0 fully saturated rings. The molecule has 0 spiro atoms. The van der Waals surface area contributed by atoms with Gasteiger partial charge in [-0.2, -0.15) is 0 Å². The summed E-state index contributed by atoms with van der Waals surface area (Å²) in [6, 6.07) is 3.68. The van der Waals surface area contributed by atoms with Crippen LogP contribution in [0.15, 0.2) is 16.6 Å². The van der Waals surface area contributed by atoms with E-state index in [1.165, 1.54) is 4.31 Å². The first-order valence-electron chi connectivity index (χ1n) is 6.81.